The summed E-state index contributed by atoms with van der Waals surface area (Å²) in [6, 6.07) is 4.29. The monoisotopic (exact) mass is 324 g/mol. The van der Waals surface area contributed by atoms with Gasteiger partial charge in [-0.25, -0.2) is 9.97 Å². The van der Waals surface area contributed by atoms with Crippen LogP contribution in [0.25, 0.3) is 0 Å². The average molecular weight is 325 g/mol. The van der Waals surface area contributed by atoms with Gasteiger partial charge in [0.15, 0.2) is 5.75 Å². The number of ether oxygens (including phenoxy) is 1. The third-order valence-corrected chi connectivity index (χ3v) is 2.90. The Morgan fingerprint density at radius 2 is 2.05 bits per heavy atom. The van der Waals surface area contributed by atoms with Gasteiger partial charge in [-0.2, -0.15) is 0 Å². The van der Waals surface area contributed by atoms with Crippen LogP contribution in [0.1, 0.15) is 5.56 Å². The minimum Gasteiger partial charge on any atom is -0.423 e. The van der Waals surface area contributed by atoms with Crippen LogP contribution in [-0.2, 0) is 6.54 Å². The smallest absolute Gasteiger partial charge is 0.321 e. The first-order valence-corrected chi connectivity index (χ1v) is 6.02. The van der Waals surface area contributed by atoms with Crippen molar-refractivity contribution in [2.45, 2.75) is 6.54 Å². The fraction of sp³-hybridized carbons (Fsp3) is 0.0909. The molecule has 1 heterocycles. The van der Waals surface area contributed by atoms with Gasteiger partial charge in [0.05, 0.1) is 15.5 Å². The molecule has 8 heteroatoms. The summed E-state index contributed by atoms with van der Waals surface area (Å²) in [5, 5.41) is 10.7. The molecule has 0 saturated carbocycles. The number of nitrogens with two attached hydrogens (primary N) is 1. The number of non-ortho nitro benzene ring substituents is 1. The molecule has 19 heavy (non-hydrogen) atoms. The molecule has 1 aromatic heterocycles. The lowest BCUT2D eigenvalue weighted by molar-refractivity contribution is -0.384. The van der Waals surface area contributed by atoms with E-state index in [1.165, 1.54) is 30.6 Å². The molecule has 0 aliphatic heterocycles. The van der Waals surface area contributed by atoms with Gasteiger partial charge in [-0.3, -0.25) is 10.1 Å². The van der Waals surface area contributed by atoms with Crippen LogP contribution in [0, 0.1) is 10.1 Å². The molecule has 0 bridgehead atoms. The van der Waals surface area contributed by atoms with Crippen molar-refractivity contribution in [1.29, 1.82) is 0 Å². The molecule has 98 valence electrons. The summed E-state index contributed by atoms with van der Waals surface area (Å²) in [6.07, 6.45) is 3.07. The van der Waals surface area contributed by atoms with Crippen molar-refractivity contribution in [2.75, 3.05) is 0 Å². The first-order valence-electron chi connectivity index (χ1n) is 5.23. The Kier molecular flexibility index (Phi) is 4.03. The molecule has 0 spiro atoms. The van der Waals surface area contributed by atoms with Crippen LogP contribution in [0.5, 0.6) is 11.8 Å². The predicted molar refractivity (Wildman–Crippen MR) is 70.8 cm³/mol. The number of nitro groups is 1. The van der Waals surface area contributed by atoms with Crippen molar-refractivity contribution >= 4 is 21.6 Å². The molecule has 0 unspecified atom stereocenters. The van der Waals surface area contributed by atoms with Gasteiger partial charge in [0.25, 0.3) is 5.69 Å². The van der Waals surface area contributed by atoms with Gasteiger partial charge < -0.3 is 10.5 Å². The molecule has 0 fully saturated rings. The van der Waals surface area contributed by atoms with Crippen LogP contribution in [0.3, 0.4) is 0 Å². The maximum atomic E-state index is 10.7. The standard InChI is InChI=1S/C11H9BrN4O3/c12-9-2-1-8(16(17)18)3-10(9)19-11-14-5-7(4-13)6-15-11/h1-3,5-6H,4,13H2. The average Bonchev–Trinajstić information content (AvgIpc) is 2.42. The second-order valence-corrected chi connectivity index (χ2v) is 4.41. The van der Waals surface area contributed by atoms with E-state index < -0.39 is 4.92 Å². The first kappa shape index (κ1) is 13.4. The van der Waals surface area contributed by atoms with Crippen molar-refractivity contribution in [1.82, 2.24) is 9.97 Å². The van der Waals surface area contributed by atoms with Gasteiger partial charge in [0.1, 0.15) is 0 Å². The summed E-state index contributed by atoms with van der Waals surface area (Å²) < 4.78 is 5.96. The lowest BCUT2D eigenvalue weighted by atomic mass is 10.3. The van der Waals surface area contributed by atoms with E-state index in [1.54, 1.807) is 0 Å². The Morgan fingerprint density at radius 3 is 2.63 bits per heavy atom. The summed E-state index contributed by atoms with van der Waals surface area (Å²) in [5.74, 6) is 0.273. The lowest BCUT2D eigenvalue weighted by Crippen LogP contribution is -1.99. The molecule has 0 aliphatic rings. The maximum Gasteiger partial charge on any atom is 0.321 e. The highest BCUT2D eigenvalue weighted by atomic mass is 79.9. The van der Waals surface area contributed by atoms with E-state index in [0.29, 0.717) is 11.0 Å². The first-order chi connectivity index (χ1) is 9.10. The summed E-state index contributed by atoms with van der Waals surface area (Å²) >= 11 is 3.24. The number of hydrogen-bond donors (Lipinski definition) is 1. The van der Waals surface area contributed by atoms with Crippen molar-refractivity contribution in [3.8, 4) is 11.8 Å². The van der Waals surface area contributed by atoms with Crippen LogP contribution in [0.2, 0.25) is 0 Å². The summed E-state index contributed by atoms with van der Waals surface area (Å²) in [6.45, 7) is 0.334. The number of hydrogen-bond acceptors (Lipinski definition) is 6. The zero-order valence-electron chi connectivity index (χ0n) is 9.62. The van der Waals surface area contributed by atoms with Crippen molar-refractivity contribution in [3.05, 3.63) is 50.7 Å². The molecule has 0 aliphatic carbocycles. The third-order valence-electron chi connectivity index (χ3n) is 2.24. The molecule has 7 nitrogen and oxygen atoms in total. The fourth-order valence-electron chi connectivity index (χ4n) is 1.28. The molecule has 0 saturated heterocycles. The molecular weight excluding hydrogens is 316 g/mol. The molecule has 0 atom stereocenters. The molecular formula is C11H9BrN4O3. The molecule has 0 amide bonds. The van der Waals surface area contributed by atoms with Crippen LogP contribution < -0.4 is 10.5 Å². The topological polar surface area (TPSA) is 104 Å². The highest BCUT2D eigenvalue weighted by Crippen LogP contribution is 2.31. The Hall–Kier alpha value is -2.06. The van der Waals surface area contributed by atoms with Crippen LogP contribution in [-0.4, -0.2) is 14.9 Å². The Labute approximate surface area is 116 Å². The van der Waals surface area contributed by atoms with E-state index in [1.807, 2.05) is 0 Å². The van der Waals surface area contributed by atoms with Gasteiger partial charge in [0.2, 0.25) is 0 Å². The Balaban J connectivity index is 2.26. The van der Waals surface area contributed by atoms with E-state index in [0.717, 1.165) is 5.56 Å². The van der Waals surface area contributed by atoms with Crippen LogP contribution >= 0.6 is 15.9 Å². The molecule has 2 rings (SSSR count). The highest BCUT2D eigenvalue weighted by Gasteiger charge is 2.12. The largest absolute Gasteiger partial charge is 0.423 e. The van der Waals surface area contributed by atoms with Crippen molar-refractivity contribution in [3.63, 3.8) is 0 Å². The summed E-state index contributed by atoms with van der Waals surface area (Å²) in [4.78, 5) is 18.1. The minimum absolute atomic E-state index is 0.0724. The Morgan fingerprint density at radius 1 is 1.37 bits per heavy atom. The maximum absolute atomic E-state index is 10.7. The van der Waals surface area contributed by atoms with Crippen LogP contribution in [0.15, 0.2) is 35.1 Å². The van der Waals surface area contributed by atoms with Gasteiger partial charge >= 0.3 is 6.01 Å². The van der Waals surface area contributed by atoms with E-state index in [-0.39, 0.29) is 17.4 Å². The quantitative estimate of drug-likeness (QED) is 0.684. The number of nitrogens with zero attached hydrogens (tertiary/aromatic N) is 3. The summed E-state index contributed by atoms with van der Waals surface area (Å²) in [7, 11) is 0. The minimum atomic E-state index is -0.502. The lowest BCUT2D eigenvalue weighted by Gasteiger charge is -2.05. The van der Waals surface area contributed by atoms with E-state index in [4.69, 9.17) is 10.5 Å². The summed E-state index contributed by atoms with van der Waals surface area (Å²) in [5.41, 5.74) is 6.12. The van der Waals surface area contributed by atoms with Gasteiger partial charge in [-0.1, -0.05) is 0 Å². The highest BCUT2D eigenvalue weighted by molar-refractivity contribution is 9.10. The SMILES string of the molecule is NCc1cnc(Oc2cc([N+](=O)[O-])ccc2Br)nc1. The number of halogens is 1. The van der Waals surface area contributed by atoms with E-state index in [2.05, 4.69) is 25.9 Å². The number of rotatable bonds is 4. The predicted octanol–water partition coefficient (Wildman–Crippen LogP) is 2.40. The van der Waals surface area contributed by atoms with Gasteiger partial charge in [-0.05, 0) is 22.0 Å². The zero-order valence-corrected chi connectivity index (χ0v) is 11.2. The second kappa shape index (κ2) is 5.72. The van der Waals surface area contributed by atoms with Gasteiger partial charge in [-0.15, -0.1) is 0 Å². The zero-order chi connectivity index (χ0) is 13.8. The molecule has 2 aromatic rings. The Bertz CT molecular complexity index is 603. The third kappa shape index (κ3) is 3.24. The van der Waals surface area contributed by atoms with Crippen molar-refractivity contribution < 1.29 is 9.66 Å². The molecule has 2 N–H and O–H groups in total. The fourth-order valence-corrected chi connectivity index (χ4v) is 1.61. The molecule has 0 radical (unpaired) electrons. The number of benzene rings is 1. The van der Waals surface area contributed by atoms with Crippen LogP contribution in [0.4, 0.5) is 5.69 Å². The number of nitro benzene ring substituents is 1. The second-order valence-electron chi connectivity index (χ2n) is 3.55. The molecule has 1 aromatic carbocycles. The van der Waals surface area contributed by atoms with E-state index in [9.17, 15) is 10.1 Å². The normalized spacial score (nSPS) is 10.2. The number of aromatic nitrogens is 2. The van der Waals surface area contributed by atoms with E-state index >= 15 is 0 Å². The van der Waals surface area contributed by atoms with Crippen molar-refractivity contribution in [2.24, 2.45) is 5.73 Å². The van der Waals surface area contributed by atoms with Gasteiger partial charge in [0, 0.05) is 30.6 Å².